The van der Waals surface area contributed by atoms with E-state index < -0.39 is 0 Å². The minimum absolute atomic E-state index is 0. The molecule has 0 spiro atoms. The first kappa shape index (κ1) is 18.5. The van der Waals surface area contributed by atoms with Gasteiger partial charge in [0, 0.05) is 6.20 Å². The number of halogens is 1. The summed E-state index contributed by atoms with van der Waals surface area (Å²) in [6.45, 7) is 2.52. The molecule has 0 fully saturated rings. The summed E-state index contributed by atoms with van der Waals surface area (Å²) in [7, 11) is 0. The fourth-order valence-electron chi connectivity index (χ4n) is 2.46. The average molecular weight is 354 g/mol. The van der Waals surface area contributed by atoms with Crippen molar-refractivity contribution in [1.29, 1.82) is 0 Å². The molecular formula is C20H20ClN3O. The number of aliphatic imine (C=N–C) groups is 1. The van der Waals surface area contributed by atoms with E-state index in [1.165, 1.54) is 0 Å². The topological polar surface area (TPSA) is 60.4 Å². The molecule has 0 radical (unpaired) electrons. The van der Waals surface area contributed by atoms with Crippen molar-refractivity contribution in [2.45, 2.75) is 13.5 Å². The van der Waals surface area contributed by atoms with Crippen molar-refractivity contribution in [3.8, 4) is 0 Å². The molecule has 1 aromatic heterocycles. The van der Waals surface area contributed by atoms with Gasteiger partial charge in [-0.05, 0) is 36.8 Å². The van der Waals surface area contributed by atoms with E-state index in [-0.39, 0.29) is 23.8 Å². The van der Waals surface area contributed by atoms with Crippen molar-refractivity contribution >= 4 is 23.9 Å². The summed E-state index contributed by atoms with van der Waals surface area (Å²) in [5.41, 5.74) is 9.28. The summed E-state index contributed by atoms with van der Waals surface area (Å²) in [6.07, 6.45) is 1.76. The summed E-state index contributed by atoms with van der Waals surface area (Å²) in [5.74, 6) is 0.228. The summed E-state index contributed by atoms with van der Waals surface area (Å²) >= 11 is 0. The Bertz CT molecular complexity index is 916. The maximum absolute atomic E-state index is 12.7. The first-order valence-electron chi connectivity index (χ1n) is 7.78. The van der Waals surface area contributed by atoms with Crippen LogP contribution in [-0.4, -0.2) is 10.4 Å². The van der Waals surface area contributed by atoms with E-state index in [0.29, 0.717) is 12.1 Å². The normalized spacial score (nSPS) is 11.0. The maximum atomic E-state index is 12.7. The molecule has 0 atom stereocenters. The number of rotatable bonds is 4. The van der Waals surface area contributed by atoms with E-state index in [1.54, 1.807) is 16.8 Å². The molecule has 2 aromatic carbocycles. The molecule has 5 heteroatoms. The van der Waals surface area contributed by atoms with Crippen LogP contribution in [0.3, 0.4) is 0 Å². The molecule has 0 saturated heterocycles. The molecule has 0 unspecified atom stereocenters. The molecule has 0 aliphatic rings. The maximum Gasteiger partial charge on any atom is 0.261 e. The Morgan fingerprint density at radius 1 is 1.00 bits per heavy atom. The van der Waals surface area contributed by atoms with Gasteiger partial charge in [0.1, 0.15) is 5.84 Å². The number of aryl methyl sites for hydroxylation is 1. The third kappa shape index (κ3) is 4.58. The van der Waals surface area contributed by atoms with Gasteiger partial charge in [-0.2, -0.15) is 0 Å². The van der Waals surface area contributed by atoms with Crippen LogP contribution in [0, 0.1) is 6.92 Å². The van der Waals surface area contributed by atoms with Gasteiger partial charge < -0.3 is 10.3 Å². The van der Waals surface area contributed by atoms with Crippen molar-refractivity contribution < 1.29 is 0 Å². The first-order chi connectivity index (χ1) is 11.6. The van der Waals surface area contributed by atoms with Crippen LogP contribution in [0.25, 0.3) is 0 Å². The highest BCUT2D eigenvalue weighted by atomic mass is 35.5. The summed E-state index contributed by atoms with van der Waals surface area (Å²) < 4.78 is 1.64. The zero-order valence-corrected chi connectivity index (χ0v) is 14.7. The lowest BCUT2D eigenvalue weighted by molar-refractivity contribution is 0.757. The van der Waals surface area contributed by atoms with E-state index in [9.17, 15) is 4.79 Å². The van der Waals surface area contributed by atoms with Gasteiger partial charge in [-0.3, -0.25) is 4.79 Å². The lowest BCUT2D eigenvalue weighted by Gasteiger charge is -2.08. The smallest absolute Gasteiger partial charge is 0.261 e. The Morgan fingerprint density at radius 3 is 2.36 bits per heavy atom. The first-order valence-corrected chi connectivity index (χ1v) is 7.78. The Labute approximate surface area is 153 Å². The SMILES string of the molecule is Cc1ccc(N=C(N)c2cccn(Cc3ccccc3)c2=O)cc1.Cl. The van der Waals surface area contributed by atoms with Crippen LogP contribution in [0.1, 0.15) is 16.7 Å². The number of hydrogen-bond donors (Lipinski definition) is 1. The van der Waals surface area contributed by atoms with Crippen LogP contribution in [0.5, 0.6) is 0 Å². The molecule has 3 aromatic rings. The Hall–Kier alpha value is -2.85. The fraction of sp³-hybridized carbons (Fsp3) is 0.100. The highest BCUT2D eigenvalue weighted by Crippen LogP contribution is 2.13. The van der Waals surface area contributed by atoms with Crippen LogP contribution in [0.15, 0.2) is 82.7 Å². The zero-order chi connectivity index (χ0) is 16.9. The van der Waals surface area contributed by atoms with Crippen LogP contribution in [0.2, 0.25) is 0 Å². The predicted octanol–water partition coefficient (Wildman–Crippen LogP) is 3.66. The molecule has 0 saturated carbocycles. The Balaban J connectivity index is 0.00000225. The molecule has 3 rings (SSSR count). The largest absolute Gasteiger partial charge is 0.383 e. The van der Waals surface area contributed by atoms with Gasteiger partial charge in [-0.25, -0.2) is 4.99 Å². The van der Waals surface area contributed by atoms with Gasteiger partial charge in [0.15, 0.2) is 0 Å². The summed E-state index contributed by atoms with van der Waals surface area (Å²) in [6, 6.07) is 21.1. The number of benzene rings is 2. The van der Waals surface area contributed by atoms with Crippen molar-refractivity contribution in [1.82, 2.24) is 4.57 Å². The van der Waals surface area contributed by atoms with Gasteiger partial charge in [0.25, 0.3) is 5.56 Å². The van der Waals surface area contributed by atoms with E-state index in [4.69, 9.17) is 5.73 Å². The lowest BCUT2D eigenvalue weighted by Crippen LogP contribution is -2.29. The highest BCUT2D eigenvalue weighted by molar-refractivity contribution is 5.98. The van der Waals surface area contributed by atoms with E-state index >= 15 is 0 Å². The number of nitrogens with two attached hydrogens (primary N) is 1. The number of nitrogens with zero attached hydrogens (tertiary/aromatic N) is 2. The number of aromatic nitrogens is 1. The van der Waals surface area contributed by atoms with Gasteiger partial charge in [0.05, 0.1) is 17.8 Å². The van der Waals surface area contributed by atoms with Crippen LogP contribution in [0.4, 0.5) is 5.69 Å². The Morgan fingerprint density at radius 2 is 1.68 bits per heavy atom. The highest BCUT2D eigenvalue weighted by Gasteiger charge is 2.08. The summed E-state index contributed by atoms with van der Waals surface area (Å²) in [4.78, 5) is 17.0. The van der Waals surface area contributed by atoms with Gasteiger partial charge in [-0.1, -0.05) is 48.0 Å². The van der Waals surface area contributed by atoms with Gasteiger partial charge >= 0.3 is 0 Å². The van der Waals surface area contributed by atoms with Gasteiger partial charge in [0.2, 0.25) is 0 Å². The molecule has 128 valence electrons. The fourth-order valence-corrected chi connectivity index (χ4v) is 2.46. The van der Waals surface area contributed by atoms with Crippen LogP contribution in [-0.2, 0) is 6.54 Å². The molecule has 4 nitrogen and oxygen atoms in total. The zero-order valence-electron chi connectivity index (χ0n) is 13.9. The average Bonchev–Trinajstić information content (AvgIpc) is 2.60. The van der Waals surface area contributed by atoms with Crippen molar-refractivity contribution in [2.24, 2.45) is 10.7 Å². The van der Waals surface area contributed by atoms with Crippen molar-refractivity contribution in [3.05, 3.63) is 100.0 Å². The molecule has 0 bridgehead atoms. The minimum Gasteiger partial charge on any atom is -0.383 e. The third-order valence-corrected chi connectivity index (χ3v) is 3.78. The Kier molecular flexibility index (Phi) is 6.14. The van der Waals surface area contributed by atoms with Crippen LogP contribution >= 0.6 is 12.4 Å². The van der Waals surface area contributed by atoms with E-state index in [2.05, 4.69) is 4.99 Å². The molecule has 0 amide bonds. The van der Waals surface area contributed by atoms with Gasteiger partial charge in [-0.15, -0.1) is 12.4 Å². The second-order valence-electron chi connectivity index (χ2n) is 5.67. The number of amidine groups is 1. The van der Waals surface area contributed by atoms with Crippen molar-refractivity contribution in [2.75, 3.05) is 0 Å². The standard InChI is InChI=1S/C20H19N3O.ClH/c1-15-9-11-17(12-10-15)22-19(21)18-8-5-13-23(20(18)24)14-16-6-3-2-4-7-16;/h2-13H,14H2,1H3,(H2,21,22);1H. The predicted molar refractivity (Wildman–Crippen MR) is 105 cm³/mol. The second kappa shape index (κ2) is 8.31. The molecule has 0 aliphatic heterocycles. The second-order valence-corrected chi connectivity index (χ2v) is 5.67. The summed E-state index contributed by atoms with van der Waals surface area (Å²) in [5, 5.41) is 0. The monoisotopic (exact) mass is 353 g/mol. The molecule has 25 heavy (non-hydrogen) atoms. The third-order valence-electron chi connectivity index (χ3n) is 3.78. The van der Waals surface area contributed by atoms with Crippen LogP contribution < -0.4 is 11.3 Å². The molecule has 0 aliphatic carbocycles. The lowest BCUT2D eigenvalue weighted by atomic mass is 10.2. The minimum atomic E-state index is -0.144. The quantitative estimate of drug-likeness (QED) is 0.574. The molecule has 1 heterocycles. The van der Waals surface area contributed by atoms with Crippen molar-refractivity contribution in [3.63, 3.8) is 0 Å². The van der Waals surface area contributed by atoms with E-state index in [1.807, 2.05) is 67.6 Å². The number of hydrogen-bond acceptors (Lipinski definition) is 2. The molecule has 2 N–H and O–H groups in total. The molecular weight excluding hydrogens is 334 g/mol. The van der Waals surface area contributed by atoms with E-state index in [0.717, 1.165) is 16.8 Å². The number of pyridine rings is 1.